The van der Waals surface area contributed by atoms with E-state index in [-0.39, 0.29) is 16.3 Å². The van der Waals surface area contributed by atoms with Crippen LogP contribution in [0.4, 0.5) is 18.9 Å². The molecule has 1 aromatic carbocycles. The van der Waals surface area contributed by atoms with Crippen molar-refractivity contribution in [1.29, 1.82) is 0 Å². The number of alkyl halides is 3. The summed E-state index contributed by atoms with van der Waals surface area (Å²) in [6.45, 7) is 1.57. The fourth-order valence-corrected chi connectivity index (χ4v) is 2.59. The Morgan fingerprint density at radius 2 is 2.11 bits per heavy atom. The van der Waals surface area contributed by atoms with Gasteiger partial charge in [0.15, 0.2) is 0 Å². The number of hydrogen-bond donors (Lipinski definition) is 1. The quantitative estimate of drug-likeness (QED) is 0.899. The summed E-state index contributed by atoms with van der Waals surface area (Å²) < 4.78 is 40.7. The first-order valence-corrected chi connectivity index (χ1v) is 6.70. The molecular weight excluding hydrogens is 325 g/mol. The Kier molecular flexibility index (Phi) is 4.25. The lowest BCUT2D eigenvalue weighted by Gasteiger charge is -2.32. The SMILES string of the molecule is NC1CCCN(c2ccc(OC(F)(F)F)c(Br)c2)C1. The van der Waals surface area contributed by atoms with E-state index in [1.165, 1.54) is 6.07 Å². The first-order valence-electron chi connectivity index (χ1n) is 5.91. The molecule has 0 aliphatic carbocycles. The maximum Gasteiger partial charge on any atom is 0.573 e. The highest BCUT2D eigenvalue weighted by Gasteiger charge is 2.32. The number of anilines is 1. The summed E-state index contributed by atoms with van der Waals surface area (Å²) in [5, 5.41) is 0. The third kappa shape index (κ3) is 4.01. The van der Waals surface area contributed by atoms with Crippen LogP contribution in [-0.2, 0) is 0 Å². The molecule has 2 N–H and O–H groups in total. The summed E-state index contributed by atoms with van der Waals surface area (Å²) >= 11 is 3.10. The maximum absolute atomic E-state index is 12.2. The Balaban J connectivity index is 2.14. The van der Waals surface area contributed by atoms with Crippen molar-refractivity contribution < 1.29 is 17.9 Å². The number of rotatable bonds is 2. The van der Waals surface area contributed by atoms with Gasteiger partial charge in [0.25, 0.3) is 0 Å². The van der Waals surface area contributed by atoms with Gasteiger partial charge in [-0.25, -0.2) is 0 Å². The minimum absolute atomic E-state index is 0.110. The van der Waals surface area contributed by atoms with Gasteiger partial charge in [-0.3, -0.25) is 0 Å². The third-order valence-electron chi connectivity index (χ3n) is 2.96. The van der Waals surface area contributed by atoms with Crippen LogP contribution in [-0.4, -0.2) is 25.5 Å². The minimum Gasteiger partial charge on any atom is -0.405 e. The molecule has 0 amide bonds. The van der Waals surface area contributed by atoms with Crippen molar-refractivity contribution in [2.45, 2.75) is 25.2 Å². The number of ether oxygens (including phenoxy) is 1. The Labute approximate surface area is 117 Å². The second-order valence-corrected chi connectivity index (χ2v) is 5.37. The van der Waals surface area contributed by atoms with Crippen molar-refractivity contribution in [3.05, 3.63) is 22.7 Å². The molecule has 2 rings (SSSR count). The predicted molar refractivity (Wildman–Crippen MR) is 70.2 cm³/mol. The van der Waals surface area contributed by atoms with Crippen LogP contribution in [0.1, 0.15) is 12.8 Å². The van der Waals surface area contributed by atoms with E-state index < -0.39 is 6.36 Å². The van der Waals surface area contributed by atoms with Gasteiger partial charge in [0, 0.05) is 24.8 Å². The number of benzene rings is 1. The van der Waals surface area contributed by atoms with Crippen molar-refractivity contribution in [1.82, 2.24) is 0 Å². The van der Waals surface area contributed by atoms with Crippen molar-refractivity contribution in [3.63, 3.8) is 0 Å². The second-order valence-electron chi connectivity index (χ2n) is 4.51. The smallest absolute Gasteiger partial charge is 0.405 e. The largest absolute Gasteiger partial charge is 0.573 e. The molecule has 106 valence electrons. The molecule has 0 spiro atoms. The van der Waals surface area contributed by atoms with Crippen LogP contribution in [0.3, 0.4) is 0 Å². The lowest BCUT2D eigenvalue weighted by Crippen LogP contribution is -2.42. The van der Waals surface area contributed by atoms with Crippen LogP contribution in [0, 0.1) is 0 Å². The molecule has 3 nitrogen and oxygen atoms in total. The molecule has 1 aromatic rings. The Morgan fingerprint density at radius 1 is 1.37 bits per heavy atom. The second kappa shape index (κ2) is 5.58. The van der Waals surface area contributed by atoms with Gasteiger partial charge in [-0.1, -0.05) is 0 Å². The van der Waals surface area contributed by atoms with Crippen molar-refractivity contribution in [2.24, 2.45) is 5.73 Å². The molecule has 1 heterocycles. The van der Waals surface area contributed by atoms with Gasteiger partial charge in [0.05, 0.1) is 4.47 Å². The molecule has 1 unspecified atom stereocenters. The molecule has 1 fully saturated rings. The van der Waals surface area contributed by atoms with Gasteiger partial charge in [0.1, 0.15) is 5.75 Å². The highest BCUT2D eigenvalue weighted by Crippen LogP contribution is 2.34. The van der Waals surface area contributed by atoms with Crippen LogP contribution >= 0.6 is 15.9 Å². The van der Waals surface area contributed by atoms with E-state index in [1.807, 2.05) is 0 Å². The molecule has 0 bridgehead atoms. The zero-order valence-electron chi connectivity index (χ0n) is 10.1. The van der Waals surface area contributed by atoms with Gasteiger partial charge < -0.3 is 15.4 Å². The number of nitrogens with two attached hydrogens (primary N) is 1. The Hall–Kier alpha value is -0.950. The highest BCUT2D eigenvalue weighted by molar-refractivity contribution is 9.10. The normalized spacial score (nSPS) is 20.5. The standard InChI is InChI=1S/C12H14BrF3N2O/c13-10-6-9(18-5-1-2-8(17)7-18)3-4-11(10)19-12(14,15)16/h3-4,6,8H,1-2,5,7,17H2. The number of nitrogens with zero attached hydrogens (tertiary/aromatic N) is 1. The van der Waals surface area contributed by atoms with E-state index in [0.29, 0.717) is 6.54 Å². The van der Waals surface area contributed by atoms with Gasteiger partial charge in [-0.15, -0.1) is 13.2 Å². The summed E-state index contributed by atoms with van der Waals surface area (Å²) in [5.74, 6) is -0.238. The lowest BCUT2D eigenvalue weighted by atomic mass is 10.1. The maximum atomic E-state index is 12.2. The minimum atomic E-state index is -4.68. The Morgan fingerprint density at radius 3 is 2.68 bits per heavy atom. The zero-order chi connectivity index (χ0) is 14.0. The molecular formula is C12H14BrF3N2O. The molecule has 0 aromatic heterocycles. The molecule has 19 heavy (non-hydrogen) atoms. The number of hydrogen-bond acceptors (Lipinski definition) is 3. The van der Waals surface area contributed by atoms with E-state index in [2.05, 4.69) is 25.6 Å². The highest BCUT2D eigenvalue weighted by atomic mass is 79.9. The van der Waals surface area contributed by atoms with Crippen LogP contribution in [0.15, 0.2) is 22.7 Å². The average molecular weight is 339 g/mol. The Bertz CT molecular complexity index is 453. The fraction of sp³-hybridized carbons (Fsp3) is 0.500. The van der Waals surface area contributed by atoms with E-state index in [9.17, 15) is 13.2 Å². The van der Waals surface area contributed by atoms with Crippen LogP contribution in [0.2, 0.25) is 0 Å². The van der Waals surface area contributed by atoms with Crippen molar-refractivity contribution in [3.8, 4) is 5.75 Å². The molecule has 0 saturated carbocycles. The molecule has 7 heteroatoms. The van der Waals surface area contributed by atoms with Gasteiger partial charge >= 0.3 is 6.36 Å². The van der Waals surface area contributed by atoms with E-state index >= 15 is 0 Å². The molecule has 0 radical (unpaired) electrons. The molecule has 1 aliphatic heterocycles. The fourth-order valence-electron chi connectivity index (χ4n) is 2.14. The van der Waals surface area contributed by atoms with Gasteiger partial charge in [-0.2, -0.15) is 0 Å². The number of piperidine rings is 1. The third-order valence-corrected chi connectivity index (χ3v) is 3.58. The van der Waals surface area contributed by atoms with E-state index in [4.69, 9.17) is 5.73 Å². The summed E-state index contributed by atoms with van der Waals surface area (Å²) in [4.78, 5) is 2.07. The van der Waals surface area contributed by atoms with Crippen molar-refractivity contribution in [2.75, 3.05) is 18.0 Å². The van der Waals surface area contributed by atoms with E-state index in [0.717, 1.165) is 25.1 Å². The van der Waals surface area contributed by atoms with Crippen LogP contribution < -0.4 is 15.4 Å². The van der Waals surface area contributed by atoms with Gasteiger partial charge in [-0.05, 0) is 47.0 Å². The first kappa shape index (κ1) is 14.5. The summed E-state index contributed by atoms with van der Waals surface area (Å²) in [6.07, 6.45) is -2.72. The monoisotopic (exact) mass is 338 g/mol. The molecule has 1 atom stereocenters. The van der Waals surface area contributed by atoms with E-state index in [1.54, 1.807) is 12.1 Å². The van der Waals surface area contributed by atoms with Crippen LogP contribution in [0.25, 0.3) is 0 Å². The zero-order valence-corrected chi connectivity index (χ0v) is 11.7. The van der Waals surface area contributed by atoms with Gasteiger partial charge in [0.2, 0.25) is 0 Å². The first-order chi connectivity index (χ1) is 8.85. The predicted octanol–water partition coefficient (Wildman–Crippen LogP) is 3.28. The summed E-state index contributed by atoms with van der Waals surface area (Å²) in [6, 6.07) is 4.66. The summed E-state index contributed by atoms with van der Waals surface area (Å²) in [5.41, 5.74) is 6.73. The summed E-state index contributed by atoms with van der Waals surface area (Å²) in [7, 11) is 0. The van der Waals surface area contributed by atoms with Crippen LogP contribution in [0.5, 0.6) is 5.75 Å². The topological polar surface area (TPSA) is 38.5 Å². The molecule has 1 aliphatic rings. The number of halogens is 4. The molecule has 1 saturated heterocycles. The average Bonchev–Trinajstić information content (AvgIpc) is 2.30. The lowest BCUT2D eigenvalue weighted by molar-refractivity contribution is -0.274. The van der Waals surface area contributed by atoms with Crippen molar-refractivity contribution >= 4 is 21.6 Å².